The maximum atomic E-state index is 11.2. The van der Waals surface area contributed by atoms with Gasteiger partial charge in [-0.25, -0.2) is 9.78 Å². The number of pyridine rings is 1. The van der Waals surface area contributed by atoms with Crippen LogP contribution in [0.5, 0.6) is 0 Å². The molecule has 0 aromatic carbocycles. The highest BCUT2D eigenvalue weighted by atomic mass is 16.5. The summed E-state index contributed by atoms with van der Waals surface area (Å²) < 4.78 is 4.48. The predicted octanol–water partition coefficient (Wildman–Crippen LogP) is -0.101. The maximum absolute atomic E-state index is 11.2. The Morgan fingerprint density at radius 1 is 1.81 bits per heavy atom. The number of nitriles is 1. The molecule has 1 aromatic rings. The highest BCUT2D eigenvalue weighted by molar-refractivity contribution is 5.79. The third-order valence-corrected chi connectivity index (χ3v) is 1.91. The van der Waals surface area contributed by atoms with Crippen molar-refractivity contribution in [2.45, 2.75) is 6.04 Å². The molecule has 16 heavy (non-hydrogen) atoms. The highest BCUT2D eigenvalue weighted by Gasteiger charge is 2.19. The molecule has 1 atom stereocenters. The van der Waals surface area contributed by atoms with Crippen molar-refractivity contribution < 1.29 is 14.6 Å². The van der Waals surface area contributed by atoms with Crippen molar-refractivity contribution in [3.05, 3.63) is 23.9 Å². The maximum Gasteiger partial charge on any atom is 0.330 e. The van der Waals surface area contributed by atoms with E-state index in [1.807, 2.05) is 6.07 Å². The molecule has 0 bridgehead atoms. The molecular weight excluding hydrogens is 210 g/mol. The van der Waals surface area contributed by atoms with Crippen LogP contribution in [-0.2, 0) is 9.53 Å². The summed E-state index contributed by atoms with van der Waals surface area (Å²) in [7, 11) is 1.22. The summed E-state index contributed by atoms with van der Waals surface area (Å²) in [6.45, 7) is -0.436. The van der Waals surface area contributed by atoms with E-state index in [0.717, 1.165) is 0 Å². The molecule has 0 aliphatic heterocycles. The van der Waals surface area contributed by atoms with Crippen molar-refractivity contribution in [2.24, 2.45) is 0 Å². The number of aromatic nitrogens is 1. The average Bonchev–Trinajstić information content (AvgIpc) is 2.35. The summed E-state index contributed by atoms with van der Waals surface area (Å²) in [5.41, 5.74) is 0.296. The van der Waals surface area contributed by atoms with Gasteiger partial charge in [0.15, 0.2) is 0 Å². The molecule has 0 fully saturated rings. The number of aliphatic hydroxyl groups excluding tert-OH is 1. The Labute approximate surface area is 92.5 Å². The number of methoxy groups -OCH3 is 1. The van der Waals surface area contributed by atoms with Crippen LogP contribution in [-0.4, -0.2) is 35.8 Å². The van der Waals surface area contributed by atoms with Crippen molar-refractivity contribution >= 4 is 11.8 Å². The van der Waals surface area contributed by atoms with Gasteiger partial charge in [-0.2, -0.15) is 5.26 Å². The lowest BCUT2D eigenvalue weighted by Gasteiger charge is -2.14. The predicted molar refractivity (Wildman–Crippen MR) is 55.5 cm³/mol. The molecule has 0 aliphatic carbocycles. The van der Waals surface area contributed by atoms with Gasteiger partial charge in [0.05, 0.1) is 19.3 Å². The van der Waals surface area contributed by atoms with Gasteiger partial charge in [0.1, 0.15) is 17.9 Å². The van der Waals surface area contributed by atoms with Crippen molar-refractivity contribution in [1.29, 1.82) is 5.26 Å². The fourth-order valence-electron chi connectivity index (χ4n) is 1.10. The van der Waals surface area contributed by atoms with Gasteiger partial charge in [-0.05, 0) is 12.1 Å². The van der Waals surface area contributed by atoms with Crippen LogP contribution < -0.4 is 5.32 Å². The SMILES string of the molecule is COC(=O)C(CO)Nc1ncccc1C#N. The van der Waals surface area contributed by atoms with E-state index < -0.39 is 18.6 Å². The molecule has 2 N–H and O–H groups in total. The number of hydrogen-bond donors (Lipinski definition) is 2. The number of ether oxygens (including phenoxy) is 1. The van der Waals surface area contributed by atoms with Crippen LogP contribution in [0.2, 0.25) is 0 Å². The molecule has 0 radical (unpaired) electrons. The van der Waals surface area contributed by atoms with E-state index in [1.54, 1.807) is 12.1 Å². The van der Waals surface area contributed by atoms with E-state index in [9.17, 15) is 4.79 Å². The highest BCUT2D eigenvalue weighted by Crippen LogP contribution is 2.11. The number of carbonyl (C=O) groups excluding carboxylic acids is 1. The molecule has 1 aromatic heterocycles. The molecule has 1 rings (SSSR count). The van der Waals surface area contributed by atoms with Crippen LogP contribution in [0.1, 0.15) is 5.56 Å². The standard InChI is InChI=1S/C10H11N3O3/c1-16-10(15)8(6-14)13-9-7(5-11)3-2-4-12-9/h2-4,8,14H,6H2,1H3,(H,12,13). The number of anilines is 1. The largest absolute Gasteiger partial charge is 0.467 e. The van der Waals surface area contributed by atoms with Crippen LogP contribution in [0.25, 0.3) is 0 Å². The van der Waals surface area contributed by atoms with E-state index in [0.29, 0.717) is 5.56 Å². The van der Waals surface area contributed by atoms with Gasteiger partial charge in [-0.1, -0.05) is 0 Å². The lowest BCUT2D eigenvalue weighted by molar-refractivity contribution is -0.142. The lowest BCUT2D eigenvalue weighted by Crippen LogP contribution is -2.34. The summed E-state index contributed by atoms with van der Waals surface area (Å²) >= 11 is 0. The van der Waals surface area contributed by atoms with Gasteiger partial charge in [0.2, 0.25) is 0 Å². The Kier molecular flexibility index (Phi) is 4.24. The van der Waals surface area contributed by atoms with Gasteiger partial charge in [0, 0.05) is 6.20 Å². The van der Waals surface area contributed by atoms with E-state index in [1.165, 1.54) is 13.3 Å². The van der Waals surface area contributed by atoms with E-state index in [-0.39, 0.29) is 5.82 Å². The molecule has 1 unspecified atom stereocenters. The van der Waals surface area contributed by atoms with Crippen LogP contribution in [0, 0.1) is 11.3 Å². The zero-order valence-electron chi connectivity index (χ0n) is 8.67. The Balaban J connectivity index is 2.86. The average molecular weight is 221 g/mol. The number of carbonyl (C=O) groups is 1. The van der Waals surface area contributed by atoms with Crippen LogP contribution in [0.3, 0.4) is 0 Å². The van der Waals surface area contributed by atoms with Crippen molar-refractivity contribution in [2.75, 3.05) is 19.0 Å². The van der Waals surface area contributed by atoms with Gasteiger partial charge in [0.25, 0.3) is 0 Å². The zero-order chi connectivity index (χ0) is 12.0. The Morgan fingerprint density at radius 2 is 2.56 bits per heavy atom. The molecule has 0 spiro atoms. The quantitative estimate of drug-likeness (QED) is 0.689. The van der Waals surface area contributed by atoms with Crippen LogP contribution in [0.15, 0.2) is 18.3 Å². The monoisotopic (exact) mass is 221 g/mol. The minimum atomic E-state index is -0.924. The smallest absolute Gasteiger partial charge is 0.330 e. The molecule has 6 nitrogen and oxygen atoms in total. The Bertz CT molecular complexity index is 414. The summed E-state index contributed by atoms with van der Waals surface area (Å²) in [6, 6.07) is 4.16. The zero-order valence-corrected chi connectivity index (χ0v) is 8.67. The van der Waals surface area contributed by atoms with Crippen LogP contribution in [0.4, 0.5) is 5.82 Å². The number of hydrogen-bond acceptors (Lipinski definition) is 6. The molecule has 0 amide bonds. The summed E-state index contributed by atoms with van der Waals surface area (Å²) in [6.07, 6.45) is 1.48. The summed E-state index contributed by atoms with van der Waals surface area (Å²) in [4.78, 5) is 15.1. The first kappa shape index (κ1) is 11.9. The van der Waals surface area contributed by atoms with Crippen molar-refractivity contribution in [3.8, 4) is 6.07 Å². The summed E-state index contributed by atoms with van der Waals surface area (Å²) in [5.74, 6) is -0.369. The molecule has 0 aliphatic rings. The minimum Gasteiger partial charge on any atom is -0.467 e. The van der Waals surface area contributed by atoms with Gasteiger partial charge in [-0.3, -0.25) is 0 Å². The Morgan fingerprint density at radius 3 is 3.12 bits per heavy atom. The first-order valence-electron chi connectivity index (χ1n) is 4.53. The fraction of sp³-hybridized carbons (Fsp3) is 0.300. The molecule has 1 heterocycles. The molecule has 84 valence electrons. The summed E-state index contributed by atoms with van der Waals surface area (Å²) in [5, 5.41) is 20.4. The second-order valence-electron chi connectivity index (χ2n) is 2.91. The molecule has 0 saturated carbocycles. The van der Waals surface area contributed by atoms with E-state index in [4.69, 9.17) is 10.4 Å². The first-order valence-corrected chi connectivity index (χ1v) is 4.53. The fourth-order valence-corrected chi connectivity index (χ4v) is 1.10. The third kappa shape index (κ3) is 2.68. The second kappa shape index (κ2) is 5.68. The van der Waals surface area contributed by atoms with Gasteiger partial charge >= 0.3 is 5.97 Å². The van der Waals surface area contributed by atoms with E-state index >= 15 is 0 Å². The Hall–Kier alpha value is -2.13. The first-order chi connectivity index (χ1) is 7.72. The number of nitrogens with zero attached hydrogens (tertiary/aromatic N) is 2. The molecule has 6 heteroatoms. The van der Waals surface area contributed by atoms with Gasteiger partial charge in [-0.15, -0.1) is 0 Å². The van der Waals surface area contributed by atoms with Crippen molar-refractivity contribution in [1.82, 2.24) is 4.98 Å². The van der Waals surface area contributed by atoms with Crippen molar-refractivity contribution in [3.63, 3.8) is 0 Å². The topological polar surface area (TPSA) is 95.2 Å². The van der Waals surface area contributed by atoms with E-state index in [2.05, 4.69) is 15.0 Å². The number of nitrogens with one attached hydrogen (secondary N) is 1. The lowest BCUT2D eigenvalue weighted by atomic mass is 10.2. The normalized spacial score (nSPS) is 11.3. The number of rotatable bonds is 4. The molecular formula is C10H11N3O3. The third-order valence-electron chi connectivity index (χ3n) is 1.91. The number of aliphatic hydroxyl groups is 1. The van der Waals surface area contributed by atoms with Gasteiger partial charge < -0.3 is 15.2 Å². The van der Waals surface area contributed by atoms with Crippen LogP contribution >= 0.6 is 0 Å². The molecule has 0 saturated heterocycles. The minimum absolute atomic E-state index is 0.245. The number of esters is 1. The second-order valence-corrected chi connectivity index (χ2v) is 2.91.